The van der Waals surface area contributed by atoms with E-state index in [0.717, 1.165) is 17.2 Å². The smallest absolute Gasteiger partial charge is 0.101 e. The van der Waals surface area contributed by atoms with Crippen LogP contribution in [0.15, 0.2) is 23.1 Å². The summed E-state index contributed by atoms with van der Waals surface area (Å²) in [6.07, 6.45) is 0. The highest BCUT2D eigenvalue weighted by atomic mass is 35.5. The Morgan fingerprint density at radius 1 is 1.47 bits per heavy atom. The lowest BCUT2D eigenvalue weighted by Crippen LogP contribution is -2.14. The first-order valence-electron chi connectivity index (χ1n) is 4.60. The number of nitriles is 1. The molecule has 15 heavy (non-hydrogen) atoms. The topological polar surface area (TPSA) is 27.0 Å². The summed E-state index contributed by atoms with van der Waals surface area (Å²) in [5.74, 6) is 1.02. The largest absolute Gasteiger partial charge is 0.309 e. The lowest BCUT2D eigenvalue weighted by molar-refractivity contribution is 0.437. The minimum atomic E-state index is 0.535. The zero-order valence-electron chi connectivity index (χ0n) is 8.83. The molecule has 0 spiro atoms. The molecule has 0 bridgehead atoms. The van der Waals surface area contributed by atoms with E-state index in [0.29, 0.717) is 10.6 Å². The molecule has 0 aliphatic carbocycles. The molecule has 1 rings (SSSR count). The van der Waals surface area contributed by atoms with Crippen molar-refractivity contribution < 1.29 is 0 Å². The summed E-state index contributed by atoms with van der Waals surface area (Å²) in [4.78, 5) is 3.25. The van der Waals surface area contributed by atoms with Crippen LogP contribution in [0.3, 0.4) is 0 Å². The van der Waals surface area contributed by atoms with Gasteiger partial charge in [0, 0.05) is 17.2 Å². The first-order chi connectivity index (χ1) is 7.13. The molecular weight excluding hydrogens is 228 g/mol. The van der Waals surface area contributed by atoms with Gasteiger partial charge in [0.1, 0.15) is 6.07 Å². The van der Waals surface area contributed by atoms with Crippen LogP contribution < -0.4 is 0 Å². The minimum Gasteiger partial charge on any atom is -0.309 e. The Labute approximate surface area is 99.8 Å². The number of benzene rings is 1. The second-order valence-electron chi connectivity index (χ2n) is 3.41. The summed E-state index contributed by atoms with van der Waals surface area (Å²) in [6.45, 7) is 1.03. The molecule has 0 unspecified atom stereocenters. The zero-order chi connectivity index (χ0) is 11.3. The van der Waals surface area contributed by atoms with Gasteiger partial charge in [-0.2, -0.15) is 5.26 Å². The summed E-state index contributed by atoms with van der Waals surface area (Å²) in [5, 5.41) is 9.24. The SMILES string of the molecule is CN(C)CCSc1ccc(C#N)c(Cl)c1. The Morgan fingerprint density at radius 2 is 2.20 bits per heavy atom. The van der Waals surface area contributed by atoms with Gasteiger partial charge in [-0.25, -0.2) is 0 Å². The van der Waals surface area contributed by atoms with Crippen molar-refractivity contribution in [1.29, 1.82) is 5.26 Å². The summed E-state index contributed by atoms with van der Waals surface area (Å²) in [6, 6.07) is 7.59. The molecule has 1 aromatic rings. The maximum absolute atomic E-state index is 8.71. The Hall–Kier alpha value is -0.690. The molecular formula is C11H13ClN2S. The van der Waals surface area contributed by atoms with Crippen molar-refractivity contribution in [3.63, 3.8) is 0 Å². The van der Waals surface area contributed by atoms with Gasteiger partial charge in [-0.05, 0) is 32.3 Å². The van der Waals surface area contributed by atoms with E-state index >= 15 is 0 Å². The molecule has 80 valence electrons. The van der Waals surface area contributed by atoms with Crippen molar-refractivity contribution in [2.45, 2.75) is 4.90 Å². The van der Waals surface area contributed by atoms with E-state index in [9.17, 15) is 0 Å². The number of nitrogens with zero attached hydrogens (tertiary/aromatic N) is 2. The van der Waals surface area contributed by atoms with E-state index in [2.05, 4.69) is 4.90 Å². The fourth-order valence-electron chi connectivity index (χ4n) is 1.02. The lowest BCUT2D eigenvalue weighted by Gasteiger charge is -2.08. The van der Waals surface area contributed by atoms with Gasteiger partial charge in [-0.1, -0.05) is 11.6 Å². The molecule has 0 atom stereocenters. The summed E-state index contributed by atoms with van der Waals surface area (Å²) >= 11 is 7.67. The van der Waals surface area contributed by atoms with Gasteiger partial charge in [0.25, 0.3) is 0 Å². The van der Waals surface area contributed by atoms with Crippen molar-refractivity contribution in [3.8, 4) is 6.07 Å². The van der Waals surface area contributed by atoms with E-state index in [1.807, 2.05) is 32.3 Å². The second-order valence-corrected chi connectivity index (χ2v) is 4.98. The highest BCUT2D eigenvalue weighted by molar-refractivity contribution is 7.99. The molecule has 4 heteroatoms. The Morgan fingerprint density at radius 3 is 2.73 bits per heavy atom. The van der Waals surface area contributed by atoms with Crippen LogP contribution in [0.2, 0.25) is 5.02 Å². The highest BCUT2D eigenvalue weighted by Crippen LogP contribution is 2.24. The van der Waals surface area contributed by atoms with Crippen LogP contribution in [0.4, 0.5) is 0 Å². The van der Waals surface area contributed by atoms with Gasteiger partial charge in [0.2, 0.25) is 0 Å². The van der Waals surface area contributed by atoms with Crippen LogP contribution >= 0.6 is 23.4 Å². The monoisotopic (exact) mass is 240 g/mol. The first kappa shape index (κ1) is 12.4. The molecule has 0 aliphatic heterocycles. The molecule has 0 amide bonds. The average Bonchev–Trinajstić information content (AvgIpc) is 2.17. The van der Waals surface area contributed by atoms with E-state index < -0.39 is 0 Å². The highest BCUT2D eigenvalue weighted by Gasteiger charge is 2.01. The van der Waals surface area contributed by atoms with Gasteiger partial charge in [-0.15, -0.1) is 11.8 Å². The second kappa shape index (κ2) is 6.02. The molecule has 0 heterocycles. The molecule has 0 radical (unpaired) electrons. The number of thioether (sulfide) groups is 1. The van der Waals surface area contributed by atoms with E-state index in [4.69, 9.17) is 16.9 Å². The van der Waals surface area contributed by atoms with Crippen molar-refractivity contribution in [3.05, 3.63) is 28.8 Å². The van der Waals surface area contributed by atoms with E-state index in [1.54, 1.807) is 17.8 Å². The van der Waals surface area contributed by atoms with E-state index in [-0.39, 0.29) is 0 Å². The quantitative estimate of drug-likeness (QED) is 0.758. The number of hydrogen-bond donors (Lipinski definition) is 0. The zero-order valence-corrected chi connectivity index (χ0v) is 10.4. The molecule has 1 aromatic carbocycles. The third-order valence-electron chi connectivity index (χ3n) is 1.87. The third-order valence-corrected chi connectivity index (χ3v) is 3.15. The maximum atomic E-state index is 8.71. The van der Waals surface area contributed by atoms with Crippen LogP contribution in [-0.4, -0.2) is 31.3 Å². The number of rotatable bonds is 4. The lowest BCUT2D eigenvalue weighted by atomic mass is 10.2. The molecule has 0 N–H and O–H groups in total. The molecule has 0 saturated carbocycles. The number of hydrogen-bond acceptors (Lipinski definition) is 3. The van der Waals surface area contributed by atoms with Crippen molar-refractivity contribution >= 4 is 23.4 Å². The Bertz CT molecular complexity index is 371. The Balaban J connectivity index is 2.57. The van der Waals surface area contributed by atoms with Gasteiger partial charge in [0.15, 0.2) is 0 Å². The van der Waals surface area contributed by atoms with E-state index in [1.165, 1.54) is 0 Å². The molecule has 0 saturated heterocycles. The molecule has 0 aromatic heterocycles. The maximum Gasteiger partial charge on any atom is 0.101 e. The van der Waals surface area contributed by atoms with Gasteiger partial charge >= 0.3 is 0 Å². The average molecular weight is 241 g/mol. The third kappa shape index (κ3) is 4.13. The fraction of sp³-hybridized carbons (Fsp3) is 0.364. The predicted molar refractivity (Wildman–Crippen MR) is 65.4 cm³/mol. The van der Waals surface area contributed by atoms with Crippen LogP contribution in [0, 0.1) is 11.3 Å². The van der Waals surface area contributed by atoms with Crippen LogP contribution in [0.5, 0.6) is 0 Å². The van der Waals surface area contributed by atoms with Crippen LogP contribution in [0.1, 0.15) is 5.56 Å². The summed E-state index contributed by atoms with van der Waals surface area (Å²) in [5.41, 5.74) is 0.536. The minimum absolute atomic E-state index is 0.535. The standard InChI is InChI=1S/C11H13ClN2S/c1-14(2)5-6-15-10-4-3-9(8-13)11(12)7-10/h3-4,7H,5-6H2,1-2H3. The van der Waals surface area contributed by atoms with Gasteiger partial charge < -0.3 is 4.90 Å². The van der Waals surface area contributed by atoms with Crippen molar-refractivity contribution in [2.24, 2.45) is 0 Å². The molecule has 0 fully saturated rings. The van der Waals surface area contributed by atoms with Crippen LogP contribution in [-0.2, 0) is 0 Å². The Kier molecular flexibility index (Phi) is 4.97. The summed E-state index contributed by atoms with van der Waals surface area (Å²) < 4.78 is 0. The normalized spacial score (nSPS) is 10.3. The van der Waals surface area contributed by atoms with Crippen LogP contribution in [0.25, 0.3) is 0 Å². The molecule has 0 aliphatic rings. The summed E-state index contributed by atoms with van der Waals surface area (Å²) in [7, 11) is 4.10. The fourth-order valence-corrected chi connectivity index (χ4v) is 2.37. The van der Waals surface area contributed by atoms with Gasteiger partial charge in [-0.3, -0.25) is 0 Å². The van der Waals surface area contributed by atoms with Crippen molar-refractivity contribution in [2.75, 3.05) is 26.4 Å². The van der Waals surface area contributed by atoms with Gasteiger partial charge in [0.05, 0.1) is 10.6 Å². The molecule has 2 nitrogen and oxygen atoms in total. The number of halogens is 1. The first-order valence-corrected chi connectivity index (χ1v) is 5.97. The van der Waals surface area contributed by atoms with Crippen molar-refractivity contribution in [1.82, 2.24) is 4.90 Å². The predicted octanol–water partition coefficient (Wildman–Crippen LogP) is 2.87.